The van der Waals surface area contributed by atoms with Gasteiger partial charge >= 0.3 is 0 Å². The number of benzene rings is 1. The fourth-order valence-corrected chi connectivity index (χ4v) is 2.72. The molecule has 0 aliphatic rings. The molecular weight excluding hydrogens is 291 g/mol. The summed E-state index contributed by atoms with van der Waals surface area (Å²) in [6.45, 7) is 0. The van der Waals surface area contributed by atoms with Crippen LogP contribution < -0.4 is 10.5 Å². The molecule has 0 aliphatic heterocycles. The van der Waals surface area contributed by atoms with Crippen LogP contribution in [0.25, 0.3) is 0 Å². The summed E-state index contributed by atoms with van der Waals surface area (Å²) in [5.74, 6) is 1.02. The molecule has 0 amide bonds. The van der Waals surface area contributed by atoms with Crippen LogP contribution in [0.4, 0.5) is 5.82 Å². The Labute approximate surface area is 119 Å². The van der Waals surface area contributed by atoms with Gasteiger partial charge in [0, 0.05) is 0 Å². The third kappa shape index (κ3) is 2.83. The molecule has 0 saturated carbocycles. The minimum absolute atomic E-state index is 0.262. The predicted molar refractivity (Wildman–Crippen MR) is 75.8 cm³/mol. The maximum atomic E-state index is 6.08. The number of ether oxygens (including phenoxy) is 1. The number of para-hydroxylation sites is 1. The number of anilines is 1. The number of halogens is 2. The summed E-state index contributed by atoms with van der Waals surface area (Å²) in [4.78, 5) is 5.08. The molecule has 2 aromatic rings. The largest absolute Gasteiger partial charge is 0.496 e. The molecule has 0 spiro atoms. The van der Waals surface area contributed by atoms with Crippen LogP contribution in [0.1, 0.15) is 0 Å². The molecule has 94 valence electrons. The summed E-state index contributed by atoms with van der Waals surface area (Å²) in [6.07, 6.45) is 0. The summed E-state index contributed by atoms with van der Waals surface area (Å²) in [5, 5.41) is 1.41. The SMILES string of the molecule is COc1ccccc1Sc1nc(N)c(Cl)cc1Cl. The second-order valence-electron chi connectivity index (χ2n) is 3.40. The van der Waals surface area contributed by atoms with E-state index in [9.17, 15) is 0 Å². The van der Waals surface area contributed by atoms with Crippen molar-refractivity contribution in [1.82, 2.24) is 4.98 Å². The first-order valence-corrected chi connectivity index (χ1v) is 6.61. The molecule has 0 saturated heterocycles. The molecule has 0 aliphatic carbocycles. The first-order chi connectivity index (χ1) is 8.61. The van der Waals surface area contributed by atoms with Gasteiger partial charge in [0.25, 0.3) is 0 Å². The third-order valence-corrected chi connectivity index (χ3v) is 3.96. The van der Waals surface area contributed by atoms with Gasteiger partial charge in [-0.25, -0.2) is 4.98 Å². The molecule has 2 rings (SSSR count). The topological polar surface area (TPSA) is 48.1 Å². The van der Waals surface area contributed by atoms with E-state index >= 15 is 0 Å². The lowest BCUT2D eigenvalue weighted by atomic mass is 10.3. The summed E-state index contributed by atoms with van der Waals surface area (Å²) in [6, 6.07) is 9.19. The van der Waals surface area contributed by atoms with Crippen molar-refractivity contribution in [1.29, 1.82) is 0 Å². The van der Waals surface area contributed by atoms with Gasteiger partial charge in [-0.2, -0.15) is 0 Å². The van der Waals surface area contributed by atoms with E-state index in [0.717, 1.165) is 10.6 Å². The smallest absolute Gasteiger partial charge is 0.143 e. The van der Waals surface area contributed by atoms with E-state index in [2.05, 4.69) is 4.98 Å². The van der Waals surface area contributed by atoms with E-state index in [0.29, 0.717) is 15.1 Å². The molecule has 1 aromatic heterocycles. The highest BCUT2D eigenvalue weighted by atomic mass is 35.5. The highest BCUT2D eigenvalue weighted by Gasteiger charge is 2.11. The molecule has 0 fully saturated rings. The Morgan fingerprint density at radius 1 is 1.22 bits per heavy atom. The van der Waals surface area contributed by atoms with Gasteiger partial charge in [-0.3, -0.25) is 0 Å². The van der Waals surface area contributed by atoms with Crippen LogP contribution in [-0.4, -0.2) is 12.1 Å². The Kier molecular flexibility index (Phi) is 4.22. The number of nitrogens with zero attached hydrogens (tertiary/aromatic N) is 1. The van der Waals surface area contributed by atoms with Gasteiger partial charge in [-0.1, -0.05) is 47.1 Å². The first-order valence-electron chi connectivity index (χ1n) is 5.04. The fraction of sp³-hybridized carbons (Fsp3) is 0.0833. The van der Waals surface area contributed by atoms with E-state index < -0.39 is 0 Å². The van der Waals surface area contributed by atoms with Crippen molar-refractivity contribution < 1.29 is 4.74 Å². The molecule has 2 N–H and O–H groups in total. The van der Waals surface area contributed by atoms with Crippen molar-refractivity contribution in [2.24, 2.45) is 0 Å². The highest BCUT2D eigenvalue weighted by molar-refractivity contribution is 7.99. The number of hydrogen-bond acceptors (Lipinski definition) is 4. The predicted octanol–water partition coefficient (Wildman–Crippen LogP) is 4.13. The minimum atomic E-state index is 0.262. The van der Waals surface area contributed by atoms with Crippen molar-refractivity contribution in [2.45, 2.75) is 9.92 Å². The zero-order valence-electron chi connectivity index (χ0n) is 9.48. The van der Waals surface area contributed by atoms with Crippen LogP contribution in [0.5, 0.6) is 5.75 Å². The lowest BCUT2D eigenvalue weighted by Crippen LogP contribution is -1.94. The zero-order chi connectivity index (χ0) is 13.1. The lowest BCUT2D eigenvalue weighted by Gasteiger charge is -2.09. The molecule has 0 unspecified atom stereocenters. The van der Waals surface area contributed by atoms with Gasteiger partial charge in [0.05, 0.1) is 22.1 Å². The molecule has 3 nitrogen and oxygen atoms in total. The van der Waals surface area contributed by atoms with Crippen molar-refractivity contribution >= 4 is 40.8 Å². The average Bonchev–Trinajstić information content (AvgIpc) is 2.36. The Hall–Kier alpha value is -1.10. The van der Waals surface area contributed by atoms with Gasteiger partial charge < -0.3 is 10.5 Å². The third-order valence-electron chi connectivity index (χ3n) is 2.20. The Morgan fingerprint density at radius 3 is 2.67 bits per heavy atom. The fourth-order valence-electron chi connectivity index (χ4n) is 1.34. The van der Waals surface area contributed by atoms with Crippen molar-refractivity contribution in [3.05, 3.63) is 40.4 Å². The molecular formula is C12H10Cl2N2OS. The van der Waals surface area contributed by atoms with Gasteiger partial charge in [0.1, 0.15) is 16.6 Å². The monoisotopic (exact) mass is 300 g/mol. The number of pyridine rings is 1. The number of nitrogen functional groups attached to an aromatic ring is 1. The van der Waals surface area contributed by atoms with E-state index in [1.807, 2.05) is 24.3 Å². The maximum absolute atomic E-state index is 6.08. The number of rotatable bonds is 3. The number of methoxy groups -OCH3 is 1. The highest BCUT2D eigenvalue weighted by Crippen LogP contribution is 2.38. The molecule has 0 atom stereocenters. The molecule has 1 heterocycles. The Morgan fingerprint density at radius 2 is 1.94 bits per heavy atom. The molecule has 0 bridgehead atoms. The van der Waals surface area contributed by atoms with Crippen molar-refractivity contribution in [3.8, 4) is 5.75 Å². The van der Waals surface area contributed by atoms with E-state index in [1.165, 1.54) is 11.8 Å². The summed E-state index contributed by atoms with van der Waals surface area (Å²) >= 11 is 13.3. The summed E-state index contributed by atoms with van der Waals surface area (Å²) < 4.78 is 5.26. The number of nitrogens with two attached hydrogens (primary N) is 1. The van der Waals surface area contributed by atoms with Crippen LogP contribution in [0, 0.1) is 0 Å². The minimum Gasteiger partial charge on any atom is -0.496 e. The van der Waals surface area contributed by atoms with Crippen LogP contribution >= 0.6 is 35.0 Å². The van der Waals surface area contributed by atoms with E-state index in [4.69, 9.17) is 33.7 Å². The van der Waals surface area contributed by atoms with Gasteiger partial charge in [-0.05, 0) is 18.2 Å². The van der Waals surface area contributed by atoms with Gasteiger partial charge in [0.2, 0.25) is 0 Å². The molecule has 6 heteroatoms. The summed E-state index contributed by atoms with van der Waals surface area (Å²) in [7, 11) is 1.62. The molecule has 18 heavy (non-hydrogen) atoms. The first kappa shape index (κ1) is 13.3. The average molecular weight is 301 g/mol. The van der Waals surface area contributed by atoms with Crippen LogP contribution in [-0.2, 0) is 0 Å². The zero-order valence-corrected chi connectivity index (χ0v) is 11.8. The molecule has 1 aromatic carbocycles. The standard InChI is InChI=1S/C12H10Cl2N2OS/c1-17-9-4-2-3-5-10(9)18-12-8(14)6-7(13)11(15)16-12/h2-6H,1H3,(H2,15,16). The van der Waals surface area contributed by atoms with Crippen molar-refractivity contribution in [2.75, 3.05) is 12.8 Å². The Bertz CT molecular complexity index is 578. The van der Waals surface area contributed by atoms with Gasteiger partial charge in [0.15, 0.2) is 0 Å². The van der Waals surface area contributed by atoms with Gasteiger partial charge in [-0.15, -0.1) is 0 Å². The number of aromatic nitrogens is 1. The van der Waals surface area contributed by atoms with E-state index in [-0.39, 0.29) is 5.82 Å². The normalized spacial score (nSPS) is 10.4. The quantitative estimate of drug-likeness (QED) is 0.926. The van der Waals surface area contributed by atoms with Crippen LogP contribution in [0.15, 0.2) is 40.3 Å². The second-order valence-corrected chi connectivity index (χ2v) is 5.24. The summed E-state index contributed by atoms with van der Waals surface area (Å²) in [5.41, 5.74) is 5.67. The second kappa shape index (κ2) is 5.69. The van der Waals surface area contributed by atoms with Crippen LogP contribution in [0.3, 0.4) is 0 Å². The molecule has 0 radical (unpaired) electrons. The van der Waals surface area contributed by atoms with Crippen LogP contribution in [0.2, 0.25) is 10.0 Å². The van der Waals surface area contributed by atoms with Crippen molar-refractivity contribution in [3.63, 3.8) is 0 Å². The Balaban J connectivity index is 2.37. The van der Waals surface area contributed by atoms with E-state index in [1.54, 1.807) is 13.2 Å². The maximum Gasteiger partial charge on any atom is 0.143 e. The lowest BCUT2D eigenvalue weighted by molar-refractivity contribution is 0.405. The number of hydrogen-bond donors (Lipinski definition) is 1.